The summed E-state index contributed by atoms with van der Waals surface area (Å²) in [5, 5.41) is 13.5. The lowest BCUT2D eigenvalue weighted by Gasteiger charge is -2.21. The Hall–Kier alpha value is -3.27. The number of hydrogen-bond donors (Lipinski definition) is 2. The number of phenols is 1. The third-order valence-corrected chi connectivity index (χ3v) is 6.40. The molecule has 3 aromatic carbocycles. The maximum absolute atomic E-state index is 13.2. The van der Waals surface area contributed by atoms with Gasteiger partial charge in [0, 0.05) is 11.6 Å². The zero-order valence-corrected chi connectivity index (χ0v) is 18.2. The van der Waals surface area contributed by atoms with Crippen LogP contribution in [-0.2, 0) is 21.4 Å². The molecule has 166 valence electrons. The minimum atomic E-state index is -4.06. The van der Waals surface area contributed by atoms with E-state index in [2.05, 4.69) is 10.5 Å². The lowest BCUT2D eigenvalue weighted by molar-refractivity contribution is -0.121. The van der Waals surface area contributed by atoms with E-state index in [4.69, 9.17) is 11.6 Å². The number of phenolic OH excluding ortho intramolecular Hbond substituents is 1. The predicted octanol–water partition coefficient (Wildman–Crippen LogP) is 3.53. The molecule has 0 saturated heterocycles. The quantitative estimate of drug-likeness (QED) is 0.384. The van der Waals surface area contributed by atoms with E-state index >= 15 is 0 Å². The van der Waals surface area contributed by atoms with Crippen molar-refractivity contribution in [1.82, 2.24) is 9.73 Å². The Bertz CT molecular complexity index is 1200. The van der Waals surface area contributed by atoms with Gasteiger partial charge in [0.2, 0.25) is 10.0 Å². The third-order valence-electron chi connectivity index (χ3n) is 4.34. The first-order valence-corrected chi connectivity index (χ1v) is 11.2. The molecule has 0 fully saturated rings. The molecule has 32 heavy (non-hydrogen) atoms. The van der Waals surface area contributed by atoms with Crippen molar-refractivity contribution in [2.45, 2.75) is 11.4 Å². The molecule has 3 rings (SSSR count). The zero-order chi connectivity index (χ0) is 23.1. The van der Waals surface area contributed by atoms with Crippen LogP contribution in [0.15, 0.2) is 82.8 Å². The van der Waals surface area contributed by atoms with Crippen LogP contribution in [0.2, 0.25) is 5.02 Å². The Morgan fingerprint density at radius 2 is 1.66 bits per heavy atom. The van der Waals surface area contributed by atoms with Crippen molar-refractivity contribution in [2.24, 2.45) is 5.10 Å². The van der Waals surface area contributed by atoms with Gasteiger partial charge in [-0.2, -0.15) is 9.41 Å². The maximum atomic E-state index is 13.2. The number of nitrogens with zero attached hydrogens (tertiary/aromatic N) is 2. The van der Waals surface area contributed by atoms with E-state index in [0.29, 0.717) is 16.1 Å². The average Bonchev–Trinajstić information content (AvgIpc) is 2.76. The minimum absolute atomic E-state index is 0.0376. The minimum Gasteiger partial charge on any atom is -0.508 e. The van der Waals surface area contributed by atoms with Crippen LogP contribution in [-0.4, -0.2) is 36.5 Å². The van der Waals surface area contributed by atoms with Crippen LogP contribution in [0.4, 0.5) is 4.39 Å². The molecule has 1 amide bonds. The molecule has 0 unspecified atom stereocenters. The summed E-state index contributed by atoms with van der Waals surface area (Å²) < 4.78 is 40.5. The summed E-state index contributed by atoms with van der Waals surface area (Å²) in [5.74, 6) is -1.03. The average molecular weight is 476 g/mol. The lowest BCUT2D eigenvalue weighted by Crippen LogP contribution is -2.39. The summed E-state index contributed by atoms with van der Waals surface area (Å²) in [6.07, 6.45) is 1.36. The normalized spacial score (nSPS) is 11.7. The Labute approximate surface area is 189 Å². The molecule has 0 aromatic heterocycles. The highest BCUT2D eigenvalue weighted by Gasteiger charge is 2.27. The summed E-state index contributed by atoms with van der Waals surface area (Å²) in [6, 6.07) is 17.0. The number of rotatable bonds is 8. The first-order chi connectivity index (χ1) is 15.2. The molecule has 0 aliphatic rings. The molecule has 0 spiro atoms. The largest absolute Gasteiger partial charge is 0.508 e. The van der Waals surface area contributed by atoms with E-state index in [1.807, 2.05) is 0 Å². The van der Waals surface area contributed by atoms with Gasteiger partial charge in [-0.1, -0.05) is 23.7 Å². The summed E-state index contributed by atoms with van der Waals surface area (Å²) >= 11 is 5.85. The van der Waals surface area contributed by atoms with E-state index < -0.39 is 28.3 Å². The van der Waals surface area contributed by atoms with Gasteiger partial charge in [-0.3, -0.25) is 4.79 Å². The molecule has 0 aliphatic heterocycles. The van der Waals surface area contributed by atoms with Crippen molar-refractivity contribution in [2.75, 3.05) is 6.54 Å². The van der Waals surface area contributed by atoms with Crippen molar-refractivity contribution < 1.29 is 22.7 Å². The fourth-order valence-electron chi connectivity index (χ4n) is 2.71. The second kappa shape index (κ2) is 10.4. The van der Waals surface area contributed by atoms with Crippen LogP contribution in [0.25, 0.3) is 0 Å². The fourth-order valence-corrected chi connectivity index (χ4v) is 4.22. The number of hydrazone groups is 1. The summed E-state index contributed by atoms with van der Waals surface area (Å²) in [5.41, 5.74) is 3.41. The highest BCUT2D eigenvalue weighted by molar-refractivity contribution is 7.89. The van der Waals surface area contributed by atoms with Crippen molar-refractivity contribution in [1.29, 1.82) is 0 Å². The molecule has 0 heterocycles. The summed E-state index contributed by atoms with van der Waals surface area (Å²) in [7, 11) is -4.06. The number of benzene rings is 3. The molecular weight excluding hydrogens is 457 g/mol. The van der Waals surface area contributed by atoms with Crippen LogP contribution in [0.1, 0.15) is 11.1 Å². The second-order valence-corrected chi connectivity index (χ2v) is 9.11. The Morgan fingerprint density at radius 3 is 2.28 bits per heavy atom. The smallest absolute Gasteiger partial charge is 0.255 e. The van der Waals surface area contributed by atoms with E-state index in [-0.39, 0.29) is 17.2 Å². The molecule has 3 aromatic rings. The molecule has 2 N–H and O–H groups in total. The topological polar surface area (TPSA) is 99.1 Å². The lowest BCUT2D eigenvalue weighted by atomic mass is 10.2. The van der Waals surface area contributed by atoms with Gasteiger partial charge in [0.15, 0.2) is 0 Å². The van der Waals surface area contributed by atoms with Gasteiger partial charge in [0.25, 0.3) is 5.91 Å². The summed E-state index contributed by atoms with van der Waals surface area (Å²) in [6.45, 7) is -0.671. The zero-order valence-electron chi connectivity index (χ0n) is 16.7. The summed E-state index contributed by atoms with van der Waals surface area (Å²) in [4.78, 5) is 12.4. The van der Waals surface area contributed by atoms with Crippen LogP contribution in [0.3, 0.4) is 0 Å². The Morgan fingerprint density at radius 1 is 1.03 bits per heavy atom. The van der Waals surface area contributed by atoms with E-state index in [1.165, 1.54) is 66.9 Å². The molecule has 0 bridgehead atoms. The van der Waals surface area contributed by atoms with Gasteiger partial charge >= 0.3 is 0 Å². The van der Waals surface area contributed by atoms with Crippen LogP contribution >= 0.6 is 11.6 Å². The second-order valence-electron chi connectivity index (χ2n) is 6.74. The third kappa shape index (κ3) is 6.36. The first-order valence-electron chi connectivity index (χ1n) is 9.35. The van der Waals surface area contributed by atoms with Gasteiger partial charge in [-0.15, -0.1) is 0 Å². The highest BCUT2D eigenvalue weighted by atomic mass is 35.5. The number of aromatic hydroxyl groups is 1. The predicted molar refractivity (Wildman–Crippen MR) is 119 cm³/mol. The molecule has 10 heteroatoms. The fraction of sp³-hybridized carbons (Fsp3) is 0.0909. The van der Waals surface area contributed by atoms with Gasteiger partial charge in [-0.25, -0.2) is 18.2 Å². The molecule has 0 aliphatic carbocycles. The number of amides is 1. The molecule has 0 atom stereocenters. The molecular formula is C22H19ClFN3O4S. The van der Waals surface area contributed by atoms with E-state index in [9.17, 15) is 22.7 Å². The number of halogens is 2. The standard InChI is InChI=1S/C22H19ClFN3O4S/c23-18-5-11-21(12-6-18)32(30,31)27(14-17-1-7-19(24)8-2-17)15-22(29)26-25-13-16-3-9-20(28)10-4-16/h1-13,28H,14-15H2,(H,26,29)/b25-13-. The van der Waals surface area contributed by atoms with Gasteiger partial charge in [0.05, 0.1) is 17.7 Å². The number of nitrogens with one attached hydrogen (secondary N) is 1. The van der Waals surface area contributed by atoms with Gasteiger partial charge in [-0.05, 0) is 71.8 Å². The number of sulfonamides is 1. The van der Waals surface area contributed by atoms with Crippen molar-refractivity contribution in [3.63, 3.8) is 0 Å². The Balaban J connectivity index is 1.78. The van der Waals surface area contributed by atoms with Crippen LogP contribution in [0, 0.1) is 5.82 Å². The number of hydrogen-bond acceptors (Lipinski definition) is 5. The van der Waals surface area contributed by atoms with E-state index in [0.717, 1.165) is 4.31 Å². The molecule has 7 nitrogen and oxygen atoms in total. The maximum Gasteiger partial charge on any atom is 0.255 e. The van der Waals surface area contributed by atoms with Crippen molar-refractivity contribution in [3.05, 3.63) is 94.8 Å². The van der Waals surface area contributed by atoms with Crippen LogP contribution < -0.4 is 5.43 Å². The highest BCUT2D eigenvalue weighted by Crippen LogP contribution is 2.20. The SMILES string of the molecule is O=C(CN(Cc1ccc(F)cc1)S(=O)(=O)c1ccc(Cl)cc1)N/N=C\c1ccc(O)cc1. The molecule has 0 saturated carbocycles. The first kappa shape index (κ1) is 23.4. The number of carbonyl (C=O) groups excluding carboxylic acids is 1. The van der Waals surface area contributed by atoms with Crippen LogP contribution in [0.5, 0.6) is 5.75 Å². The van der Waals surface area contributed by atoms with Gasteiger partial charge in [0.1, 0.15) is 11.6 Å². The van der Waals surface area contributed by atoms with Crippen molar-refractivity contribution >= 4 is 33.7 Å². The monoisotopic (exact) mass is 475 g/mol. The van der Waals surface area contributed by atoms with Gasteiger partial charge < -0.3 is 5.11 Å². The van der Waals surface area contributed by atoms with Crippen molar-refractivity contribution in [3.8, 4) is 5.75 Å². The number of carbonyl (C=O) groups is 1. The Kier molecular flexibility index (Phi) is 7.57. The molecule has 0 radical (unpaired) electrons. The van der Waals surface area contributed by atoms with E-state index in [1.54, 1.807) is 12.1 Å².